The molecule has 1 saturated carbocycles. The van der Waals surface area contributed by atoms with E-state index >= 15 is 0 Å². The monoisotopic (exact) mass is 414 g/mol. The van der Waals surface area contributed by atoms with Crippen LogP contribution in [0.2, 0.25) is 0 Å². The lowest BCUT2D eigenvalue weighted by Crippen LogP contribution is -2.52. The molecule has 4 rings (SSSR count). The van der Waals surface area contributed by atoms with Gasteiger partial charge in [-0.15, -0.1) is 0 Å². The number of amides is 3. The first kappa shape index (κ1) is 21.1. The van der Waals surface area contributed by atoms with E-state index in [9.17, 15) is 9.59 Å². The van der Waals surface area contributed by atoms with Crippen molar-refractivity contribution in [3.8, 4) is 0 Å². The van der Waals surface area contributed by atoms with Gasteiger partial charge in [0.25, 0.3) is 0 Å². The molecule has 30 heavy (non-hydrogen) atoms. The first-order valence-corrected chi connectivity index (χ1v) is 11.3. The number of hydrogen-bond donors (Lipinski definition) is 2. The molecular formula is C23H34N4O3. The Morgan fingerprint density at radius 1 is 1.13 bits per heavy atom. The van der Waals surface area contributed by atoms with Gasteiger partial charge in [0.05, 0.1) is 6.10 Å². The Kier molecular flexibility index (Phi) is 6.89. The molecule has 164 valence electrons. The van der Waals surface area contributed by atoms with E-state index in [0.29, 0.717) is 19.0 Å². The number of piperidine rings is 1. The third kappa shape index (κ3) is 6.19. The van der Waals surface area contributed by atoms with Crippen molar-refractivity contribution in [2.75, 3.05) is 51.2 Å². The molecule has 1 unspecified atom stereocenters. The summed E-state index contributed by atoms with van der Waals surface area (Å²) >= 11 is 0. The summed E-state index contributed by atoms with van der Waals surface area (Å²) < 4.78 is 5.66. The molecule has 0 spiro atoms. The Balaban J connectivity index is 1.18. The average Bonchev–Trinajstić information content (AvgIpc) is 3.54. The number of hydrogen-bond acceptors (Lipinski definition) is 4. The van der Waals surface area contributed by atoms with E-state index in [1.807, 2.05) is 36.1 Å². The first-order valence-electron chi connectivity index (χ1n) is 11.3. The normalized spacial score (nSPS) is 23.4. The second kappa shape index (κ2) is 9.79. The third-order valence-electron chi connectivity index (χ3n) is 6.38. The number of carbonyl (C=O) groups is 2. The predicted octanol–water partition coefficient (Wildman–Crippen LogP) is 2.47. The lowest BCUT2D eigenvalue weighted by Gasteiger charge is -2.38. The number of ether oxygens (including phenoxy) is 1. The SMILES string of the molecule is Cc1cccc(NC(=O)NCC2CN(CC3CCN(CC4CC4)CC3)C(=O)CO2)c1. The first-order chi connectivity index (χ1) is 14.5. The smallest absolute Gasteiger partial charge is 0.319 e. The van der Waals surface area contributed by atoms with Crippen molar-refractivity contribution in [1.29, 1.82) is 0 Å². The number of nitrogens with zero attached hydrogens (tertiary/aromatic N) is 2. The zero-order chi connectivity index (χ0) is 20.9. The number of rotatable bonds is 7. The van der Waals surface area contributed by atoms with Crippen LogP contribution >= 0.6 is 0 Å². The lowest BCUT2D eigenvalue weighted by molar-refractivity contribution is -0.149. The summed E-state index contributed by atoms with van der Waals surface area (Å²) in [5.41, 5.74) is 1.86. The van der Waals surface area contributed by atoms with Gasteiger partial charge in [-0.3, -0.25) is 4.79 Å². The average molecular weight is 415 g/mol. The van der Waals surface area contributed by atoms with Gasteiger partial charge < -0.3 is 25.2 Å². The Morgan fingerprint density at radius 3 is 2.63 bits per heavy atom. The van der Waals surface area contributed by atoms with Crippen LogP contribution in [0.5, 0.6) is 0 Å². The fourth-order valence-corrected chi connectivity index (χ4v) is 4.41. The minimum atomic E-state index is -0.254. The van der Waals surface area contributed by atoms with Crippen LogP contribution in [0.25, 0.3) is 0 Å². The molecule has 1 aromatic rings. The maximum absolute atomic E-state index is 12.3. The summed E-state index contributed by atoms with van der Waals surface area (Å²) in [6.07, 6.45) is 4.97. The topological polar surface area (TPSA) is 73.9 Å². The number of aryl methyl sites for hydroxylation is 1. The lowest BCUT2D eigenvalue weighted by atomic mass is 9.95. The molecule has 0 radical (unpaired) electrons. The van der Waals surface area contributed by atoms with E-state index in [-0.39, 0.29) is 24.6 Å². The minimum absolute atomic E-state index is 0.0656. The fourth-order valence-electron chi connectivity index (χ4n) is 4.41. The molecule has 0 bridgehead atoms. The van der Waals surface area contributed by atoms with Gasteiger partial charge in [-0.05, 0) is 75.2 Å². The quantitative estimate of drug-likeness (QED) is 0.719. The summed E-state index contributed by atoms with van der Waals surface area (Å²) in [4.78, 5) is 29.0. The Labute approximate surface area is 179 Å². The highest BCUT2D eigenvalue weighted by Gasteiger charge is 2.31. The van der Waals surface area contributed by atoms with Gasteiger partial charge in [-0.1, -0.05) is 12.1 Å². The van der Waals surface area contributed by atoms with Gasteiger partial charge in [0, 0.05) is 31.9 Å². The van der Waals surface area contributed by atoms with Gasteiger partial charge in [0.2, 0.25) is 5.91 Å². The molecule has 7 nitrogen and oxygen atoms in total. The molecular weight excluding hydrogens is 380 g/mol. The molecule has 2 aliphatic heterocycles. The maximum atomic E-state index is 12.3. The molecule has 0 aromatic heterocycles. The number of carbonyl (C=O) groups excluding carboxylic acids is 2. The standard InChI is InChI=1S/C23H34N4O3/c1-17-3-2-4-20(11-17)25-23(29)24-12-21-15-27(22(28)16-30-21)14-19-7-9-26(10-8-19)13-18-5-6-18/h2-4,11,18-19,21H,5-10,12-16H2,1H3,(H2,24,25,29). The molecule has 2 heterocycles. The molecule has 2 saturated heterocycles. The highest BCUT2D eigenvalue weighted by molar-refractivity contribution is 5.89. The molecule has 1 aromatic carbocycles. The van der Waals surface area contributed by atoms with Gasteiger partial charge in [-0.2, -0.15) is 0 Å². The largest absolute Gasteiger partial charge is 0.365 e. The van der Waals surface area contributed by atoms with Crippen LogP contribution < -0.4 is 10.6 Å². The zero-order valence-corrected chi connectivity index (χ0v) is 17.9. The van der Waals surface area contributed by atoms with E-state index in [0.717, 1.165) is 36.8 Å². The van der Waals surface area contributed by atoms with Gasteiger partial charge in [-0.25, -0.2) is 4.79 Å². The Morgan fingerprint density at radius 2 is 1.90 bits per heavy atom. The number of urea groups is 1. The fraction of sp³-hybridized carbons (Fsp3) is 0.652. The van der Waals surface area contributed by atoms with Crippen LogP contribution in [0.15, 0.2) is 24.3 Å². The van der Waals surface area contributed by atoms with Crippen LogP contribution in [0.4, 0.5) is 10.5 Å². The van der Waals surface area contributed by atoms with Crippen LogP contribution in [-0.2, 0) is 9.53 Å². The maximum Gasteiger partial charge on any atom is 0.319 e. The second-order valence-electron chi connectivity index (χ2n) is 9.12. The van der Waals surface area contributed by atoms with Crippen LogP contribution in [0, 0.1) is 18.8 Å². The van der Waals surface area contributed by atoms with Crippen LogP contribution in [0.1, 0.15) is 31.2 Å². The van der Waals surface area contributed by atoms with E-state index in [1.165, 1.54) is 32.2 Å². The van der Waals surface area contributed by atoms with Crippen molar-refractivity contribution in [3.63, 3.8) is 0 Å². The van der Waals surface area contributed by atoms with Crippen molar-refractivity contribution < 1.29 is 14.3 Å². The highest BCUT2D eigenvalue weighted by atomic mass is 16.5. The third-order valence-corrected chi connectivity index (χ3v) is 6.38. The molecule has 3 amide bonds. The summed E-state index contributed by atoms with van der Waals surface area (Å²) in [5.74, 6) is 1.58. The predicted molar refractivity (Wildman–Crippen MR) is 116 cm³/mol. The van der Waals surface area contributed by atoms with Crippen molar-refractivity contribution in [2.24, 2.45) is 11.8 Å². The molecule has 2 N–H and O–H groups in total. The molecule has 3 fully saturated rings. The molecule has 3 aliphatic rings. The number of likely N-dealkylation sites (tertiary alicyclic amines) is 1. The summed E-state index contributed by atoms with van der Waals surface area (Å²) in [6, 6.07) is 7.43. The van der Waals surface area contributed by atoms with Crippen LogP contribution in [0.3, 0.4) is 0 Å². The highest BCUT2D eigenvalue weighted by Crippen LogP contribution is 2.31. The number of benzene rings is 1. The van der Waals surface area contributed by atoms with Crippen molar-refractivity contribution in [2.45, 2.75) is 38.7 Å². The van der Waals surface area contributed by atoms with Gasteiger partial charge in [0.1, 0.15) is 6.61 Å². The second-order valence-corrected chi connectivity index (χ2v) is 9.12. The molecule has 1 atom stereocenters. The zero-order valence-electron chi connectivity index (χ0n) is 17.9. The molecule has 1 aliphatic carbocycles. The molecule has 7 heteroatoms. The van der Waals surface area contributed by atoms with E-state index in [4.69, 9.17) is 4.74 Å². The van der Waals surface area contributed by atoms with Gasteiger partial charge >= 0.3 is 6.03 Å². The number of nitrogens with one attached hydrogen (secondary N) is 2. The minimum Gasteiger partial charge on any atom is -0.365 e. The Hall–Kier alpha value is -2.12. The van der Waals surface area contributed by atoms with E-state index in [2.05, 4.69) is 15.5 Å². The van der Waals surface area contributed by atoms with Crippen LogP contribution in [-0.4, -0.2) is 73.7 Å². The van der Waals surface area contributed by atoms with Crippen molar-refractivity contribution >= 4 is 17.6 Å². The van der Waals surface area contributed by atoms with Gasteiger partial charge in [0.15, 0.2) is 0 Å². The summed E-state index contributed by atoms with van der Waals surface area (Å²) in [6.45, 7) is 7.42. The van der Waals surface area contributed by atoms with E-state index < -0.39 is 0 Å². The van der Waals surface area contributed by atoms with Crippen molar-refractivity contribution in [3.05, 3.63) is 29.8 Å². The number of anilines is 1. The summed E-state index contributed by atoms with van der Waals surface area (Å²) in [7, 11) is 0. The van der Waals surface area contributed by atoms with Crippen molar-refractivity contribution in [1.82, 2.24) is 15.1 Å². The Bertz CT molecular complexity index is 744. The summed E-state index contributed by atoms with van der Waals surface area (Å²) in [5, 5.41) is 5.71. The van der Waals surface area contributed by atoms with E-state index in [1.54, 1.807) is 0 Å². The number of morpholine rings is 1.